The van der Waals surface area contributed by atoms with Crippen molar-refractivity contribution in [3.05, 3.63) is 0 Å². The van der Waals surface area contributed by atoms with Crippen LogP contribution >= 0.6 is 0 Å². The lowest BCUT2D eigenvalue weighted by atomic mass is 9.44. The minimum absolute atomic E-state index is 0.0782. The second-order valence-corrected chi connectivity index (χ2v) is 9.85. The lowest BCUT2D eigenvalue weighted by Gasteiger charge is -2.59. The molecule has 4 rings (SSSR count). The third-order valence-electron chi connectivity index (χ3n) is 8.81. The van der Waals surface area contributed by atoms with Crippen molar-refractivity contribution in [2.45, 2.75) is 78.2 Å². The molecule has 0 aromatic heterocycles. The zero-order valence-electron chi connectivity index (χ0n) is 15.4. The number of hydrogen-bond donors (Lipinski definition) is 1. The first-order valence-electron chi connectivity index (χ1n) is 9.98. The van der Waals surface area contributed by atoms with Gasteiger partial charge in [-0.25, -0.2) is 0 Å². The molecule has 0 aromatic rings. The summed E-state index contributed by atoms with van der Waals surface area (Å²) in [6.45, 7) is 6.28. The Kier molecular flexibility index (Phi) is 3.77. The van der Waals surface area contributed by atoms with E-state index in [1.165, 1.54) is 0 Å². The molecule has 3 heteroatoms. The number of carbonyl (C=O) groups excluding carboxylic acids is 2. The van der Waals surface area contributed by atoms with E-state index < -0.39 is 0 Å². The summed E-state index contributed by atoms with van der Waals surface area (Å²) in [6, 6.07) is 0. The quantitative estimate of drug-likeness (QED) is 0.795. The zero-order chi connectivity index (χ0) is 17.3. The van der Waals surface area contributed by atoms with E-state index >= 15 is 0 Å². The normalized spacial score (nSPS) is 53.9. The summed E-state index contributed by atoms with van der Waals surface area (Å²) in [5.41, 5.74) is -0.0175. The van der Waals surface area contributed by atoms with Gasteiger partial charge in [-0.2, -0.15) is 0 Å². The molecule has 4 aliphatic rings. The van der Waals surface area contributed by atoms with Gasteiger partial charge in [-0.05, 0) is 80.5 Å². The Balaban J connectivity index is 1.68. The minimum Gasteiger partial charge on any atom is -0.393 e. The summed E-state index contributed by atoms with van der Waals surface area (Å²) >= 11 is 0. The molecular weight excluding hydrogens is 300 g/mol. The van der Waals surface area contributed by atoms with Crippen molar-refractivity contribution >= 4 is 11.6 Å². The van der Waals surface area contributed by atoms with Crippen molar-refractivity contribution < 1.29 is 14.7 Å². The second-order valence-electron chi connectivity index (χ2n) is 9.85. The van der Waals surface area contributed by atoms with Crippen LogP contribution in [0.4, 0.5) is 0 Å². The molecule has 4 fully saturated rings. The predicted octanol–water partition coefficient (Wildman–Crippen LogP) is 3.77. The highest BCUT2D eigenvalue weighted by atomic mass is 16.3. The fourth-order valence-electron chi connectivity index (χ4n) is 7.72. The molecule has 8 atom stereocenters. The molecule has 134 valence electrons. The van der Waals surface area contributed by atoms with Crippen LogP contribution in [0.5, 0.6) is 0 Å². The van der Waals surface area contributed by atoms with E-state index in [1.54, 1.807) is 6.92 Å². The minimum atomic E-state index is -0.169. The van der Waals surface area contributed by atoms with Crippen LogP contribution in [0, 0.1) is 40.4 Å². The Morgan fingerprint density at radius 2 is 1.83 bits per heavy atom. The molecule has 0 unspecified atom stereocenters. The average Bonchev–Trinajstić information content (AvgIpc) is 2.84. The van der Waals surface area contributed by atoms with Crippen LogP contribution in [-0.4, -0.2) is 22.8 Å². The fourth-order valence-corrected chi connectivity index (χ4v) is 7.72. The smallest absolute Gasteiger partial charge is 0.137 e. The molecule has 0 spiro atoms. The van der Waals surface area contributed by atoms with Crippen LogP contribution in [-0.2, 0) is 9.59 Å². The van der Waals surface area contributed by atoms with E-state index in [0.717, 1.165) is 44.9 Å². The maximum atomic E-state index is 13.3. The third kappa shape index (κ3) is 2.12. The summed E-state index contributed by atoms with van der Waals surface area (Å²) in [7, 11) is 0. The highest BCUT2D eigenvalue weighted by molar-refractivity contribution is 5.87. The topological polar surface area (TPSA) is 54.4 Å². The number of fused-ring (bicyclic) bond motifs is 5. The van der Waals surface area contributed by atoms with Crippen LogP contribution in [0.15, 0.2) is 0 Å². The molecule has 24 heavy (non-hydrogen) atoms. The monoisotopic (exact) mass is 332 g/mol. The van der Waals surface area contributed by atoms with Crippen molar-refractivity contribution in [3.63, 3.8) is 0 Å². The standard InChI is InChI=1S/C21H32O3/c1-12(22)16-6-7-17-15-5-4-13-10-14(23)8-9-20(13,2)19(15)18(24)11-21(16,17)3/h13-17,19,23H,4-11H2,1-3H3/t13-,14-,15-,16-,17+,19+,20+,21-/m1/s1. The van der Waals surface area contributed by atoms with Crippen molar-refractivity contribution in [2.24, 2.45) is 40.4 Å². The Hall–Kier alpha value is -0.700. The Morgan fingerprint density at radius 3 is 2.54 bits per heavy atom. The van der Waals surface area contributed by atoms with Gasteiger partial charge in [0.25, 0.3) is 0 Å². The first-order valence-corrected chi connectivity index (χ1v) is 9.98. The molecular formula is C21H32O3. The zero-order valence-corrected chi connectivity index (χ0v) is 15.4. The highest BCUT2D eigenvalue weighted by Crippen LogP contribution is 2.66. The highest BCUT2D eigenvalue weighted by Gasteiger charge is 2.63. The molecule has 0 aliphatic heterocycles. The number of aliphatic hydroxyl groups excluding tert-OH is 1. The van der Waals surface area contributed by atoms with Gasteiger partial charge in [-0.3, -0.25) is 9.59 Å². The molecule has 0 aromatic carbocycles. The first-order chi connectivity index (χ1) is 11.3. The van der Waals surface area contributed by atoms with E-state index in [-0.39, 0.29) is 34.6 Å². The summed E-state index contributed by atoms with van der Waals surface area (Å²) < 4.78 is 0. The maximum Gasteiger partial charge on any atom is 0.137 e. The predicted molar refractivity (Wildman–Crippen MR) is 92.3 cm³/mol. The molecule has 0 saturated heterocycles. The largest absolute Gasteiger partial charge is 0.393 e. The van der Waals surface area contributed by atoms with Crippen LogP contribution in [0.25, 0.3) is 0 Å². The van der Waals surface area contributed by atoms with Gasteiger partial charge in [-0.15, -0.1) is 0 Å². The molecule has 0 bridgehead atoms. The maximum absolute atomic E-state index is 13.3. The van der Waals surface area contributed by atoms with Crippen molar-refractivity contribution in [2.75, 3.05) is 0 Å². The van der Waals surface area contributed by atoms with Gasteiger partial charge in [-0.1, -0.05) is 13.8 Å². The molecule has 4 saturated carbocycles. The number of ketones is 2. The van der Waals surface area contributed by atoms with Gasteiger partial charge in [0.05, 0.1) is 6.10 Å². The molecule has 0 amide bonds. The summed E-state index contributed by atoms with van der Waals surface area (Å²) in [4.78, 5) is 25.5. The number of carbonyl (C=O) groups is 2. The lowest BCUT2D eigenvalue weighted by Crippen LogP contribution is -2.58. The van der Waals surface area contributed by atoms with E-state index in [4.69, 9.17) is 0 Å². The first kappa shape index (κ1) is 16.8. The second kappa shape index (κ2) is 5.40. The number of Topliss-reactive ketones (excluding diaryl/α,β-unsaturated/α-hetero) is 2. The Labute approximate surface area is 145 Å². The lowest BCUT2D eigenvalue weighted by molar-refractivity contribution is -0.162. The van der Waals surface area contributed by atoms with E-state index in [1.807, 2.05) is 0 Å². The molecule has 0 radical (unpaired) electrons. The number of hydrogen-bond acceptors (Lipinski definition) is 3. The van der Waals surface area contributed by atoms with Gasteiger partial charge < -0.3 is 5.11 Å². The van der Waals surface area contributed by atoms with Gasteiger partial charge >= 0.3 is 0 Å². The molecule has 4 aliphatic carbocycles. The molecule has 0 heterocycles. The molecule has 1 N–H and O–H groups in total. The van der Waals surface area contributed by atoms with Gasteiger partial charge in [0.15, 0.2) is 0 Å². The van der Waals surface area contributed by atoms with Gasteiger partial charge in [0.2, 0.25) is 0 Å². The van der Waals surface area contributed by atoms with Crippen molar-refractivity contribution in [3.8, 4) is 0 Å². The van der Waals surface area contributed by atoms with Crippen molar-refractivity contribution in [1.29, 1.82) is 0 Å². The van der Waals surface area contributed by atoms with Crippen LogP contribution in [0.2, 0.25) is 0 Å². The summed E-state index contributed by atoms with van der Waals surface area (Å²) in [5, 5.41) is 10.1. The van der Waals surface area contributed by atoms with Crippen molar-refractivity contribution in [1.82, 2.24) is 0 Å². The van der Waals surface area contributed by atoms with Crippen LogP contribution in [0.1, 0.15) is 72.1 Å². The van der Waals surface area contributed by atoms with E-state index in [9.17, 15) is 14.7 Å². The molecule has 3 nitrogen and oxygen atoms in total. The van der Waals surface area contributed by atoms with Gasteiger partial charge in [0, 0.05) is 18.3 Å². The summed E-state index contributed by atoms with van der Waals surface area (Å²) in [5.74, 6) is 2.48. The fraction of sp³-hybridized carbons (Fsp3) is 0.905. The SMILES string of the molecule is CC(=O)[C@H]1CC[C@H]2[C@H]3CC[C@@H]4C[C@H](O)CC[C@]4(C)[C@@H]3C(=O)C[C@]12C. The van der Waals surface area contributed by atoms with E-state index in [0.29, 0.717) is 30.0 Å². The number of aliphatic hydroxyl groups is 1. The average molecular weight is 332 g/mol. The van der Waals surface area contributed by atoms with Crippen LogP contribution < -0.4 is 0 Å². The van der Waals surface area contributed by atoms with Gasteiger partial charge in [0.1, 0.15) is 11.6 Å². The number of rotatable bonds is 1. The van der Waals surface area contributed by atoms with Crippen LogP contribution in [0.3, 0.4) is 0 Å². The Bertz CT molecular complexity index is 569. The Morgan fingerprint density at radius 1 is 1.08 bits per heavy atom. The third-order valence-corrected chi connectivity index (χ3v) is 8.81. The summed E-state index contributed by atoms with van der Waals surface area (Å²) in [6.07, 6.45) is 7.53. The van der Waals surface area contributed by atoms with E-state index in [2.05, 4.69) is 13.8 Å².